The summed E-state index contributed by atoms with van der Waals surface area (Å²) < 4.78 is 1.47. The number of hydrogen-bond acceptors (Lipinski definition) is 5. The van der Waals surface area contributed by atoms with Crippen molar-refractivity contribution in [3.63, 3.8) is 0 Å². The van der Waals surface area contributed by atoms with Gasteiger partial charge in [0, 0.05) is 25.3 Å². The standard InChI is InChI=1S/C11H20N4O3/c1-8(2)10-7-14(10)6-9(16)5-13-4-3-12-11(13)15(17)18/h3-4,8-10,15-17H,5-7H2,1-2H3. The van der Waals surface area contributed by atoms with E-state index in [1.165, 1.54) is 10.8 Å². The van der Waals surface area contributed by atoms with Crippen molar-refractivity contribution in [3.8, 4) is 0 Å². The van der Waals surface area contributed by atoms with Crippen LogP contribution in [-0.4, -0.2) is 50.0 Å². The first-order chi connectivity index (χ1) is 8.49. The summed E-state index contributed by atoms with van der Waals surface area (Å²) in [5.74, 6) is 0.570. The van der Waals surface area contributed by atoms with Gasteiger partial charge in [0.15, 0.2) is 0 Å². The molecule has 18 heavy (non-hydrogen) atoms. The third kappa shape index (κ3) is 3.06. The first kappa shape index (κ1) is 13.4. The quantitative estimate of drug-likeness (QED) is 0.448. The van der Waals surface area contributed by atoms with Crippen molar-refractivity contribution in [1.82, 2.24) is 14.5 Å². The van der Waals surface area contributed by atoms with Gasteiger partial charge in [-0.25, -0.2) is 5.21 Å². The van der Waals surface area contributed by atoms with E-state index in [0.717, 1.165) is 6.54 Å². The van der Waals surface area contributed by atoms with Crippen molar-refractivity contribution in [2.75, 3.05) is 13.1 Å². The Kier molecular flexibility index (Phi) is 3.98. The molecule has 0 aromatic carbocycles. The summed E-state index contributed by atoms with van der Waals surface area (Å²) >= 11 is 0. The number of aliphatic hydroxyl groups is 1. The number of rotatable bonds is 6. The van der Waals surface area contributed by atoms with Crippen LogP contribution in [0.5, 0.6) is 0 Å². The summed E-state index contributed by atoms with van der Waals surface area (Å²) in [4.78, 5) is 5.95. The molecular weight excluding hydrogens is 236 g/mol. The topological polar surface area (TPSA) is 88.8 Å². The van der Waals surface area contributed by atoms with E-state index in [4.69, 9.17) is 5.21 Å². The van der Waals surface area contributed by atoms with Crippen LogP contribution in [0.3, 0.4) is 0 Å². The summed E-state index contributed by atoms with van der Waals surface area (Å²) in [6, 6.07) is 0.557. The molecule has 1 saturated heterocycles. The highest BCUT2D eigenvalue weighted by molar-refractivity contribution is 5.06. The van der Waals surface area contributed by atoms with E-state index >= 15 is 0 Å². The predicted molar refractivity (Wildman–Crippen MR) is 64.2 cm³/mol. The zero-order chi connectivity index (χ0) is 13.3. The highest BCUT2D eigenvalue weighted by Crippen LogP contribution is 2.25. The minimum Gasteiger partial charge on any atom is -0.592 e. The second kappa shape index (κ2) is 5.33. The van der Waals surface area contributed by atoms with Gasteiger partial charge in [-0.2, -0.15) is 10.2 Å². The molecule has 102 valence electrons. The molecule has 0 spiro atoms. The summed E-state index contributed by atoms with van der Waals surface area (Å²) in [7, 11) is 0. The number of imidazole rings is 1. The molecular formula is C11H20N4O3. The van der Waals surface area contributed by atoms with E-state index in [-0.39, 0.29) is 12.5 Å². The van der Waals surface area contributed by atoms with Gasteiger partial charge < -0.3 is 10.3 Å². The number of aliphatic hydroxyl groups excluding tert-OH is 1. The number of nitrogens with one attached hydrogen (secondary N) is 1. The predicted octanol–water partition coefficient (Wildman–Crippen LogP) is -1.01. The maximum atomic E-state index is 10.9. The molecule has 0 amide bonds. The highest BCUT2D eigenvalue weighted by atomic mass is 16.8. The molecule has 4 atom stereocenters. The zero-order valence-electron chi connectivity index (χ0n) is 10.7. The Hall–Kier alpha value is -0.990. The van der Waals surface area contributed by atoms with Crippen LogP contribution in [0.2, 0.25) is 0 Å². The summed E-state index contributed by atoms with van der Waals surface area (Å²) in [5, 5.41) is 28.6. The van der Waals surface area contributed by atoms with E-state index in [9.17, 15) is 10.3 Å². The van der Waals surface area contributed by atoms with Crippen LogP contribution in [0.1, 0.15) is 13.8 Å². The molecule has 2 heterocycles. The molecule has 1 fully saturated rings. The molecule has 1 aromatic heterocycles. The lowest BCUT2D eigenvalue weighted by atomic mass is 10.1. The highest BCUT2D eigenvalue weighted by Gasteiger charge is 2.37. The average Bonchev–Trinajstić information content (AvgIpc) is 2.87. The van der Waals surface area contributed by atoms with E-state index in [0.29, 0.717) is 18.5 Å². The Morgan fingerprint density at radius 1 is 1.56 bits per heavy atom. The first-order valence-electron chi connectivity index (χ1n) is 6.15. The van der Waals surface area contributed by atoms with E-state index in [2.05, 4.69) is 23.7 Å². The second-order valence-corrected chi connectivity index (χ2v) is 5.13. The van der Waals surface area contributed by atoms with Gasteiger partial charge >= 0.3 is 5.95 Å². The molecule has 1 aliphatic rings. The summed E-state index contributed by atoms with van der Waals surface area (Å²) in [6.45, 7) is 6.19. The van der Waals surface area contributed by atoms with Crippen molar-refractivity contribution in [2.24, 2.45) is 5.92 Å². The molecule has 1 aromatic rings. The maximum Gasteiger partial charge on any atom is 0.341 e. The van der Waals surface area contributed by atoms with Crippen LogP contribution >= 0.6 is 0 Å². The lowest BCUT2D eigenvalue weighted by Crippen LogP contribution is -3.00. The normalized spacial score (nSPS) is 26.3. The second-order valence-electron chi connectivity index (χ2n) is 5.13. The van der Waals surface area contributed by atoms with Crippen LogP contribution in [0, 0.1) is 11.1 Å². The van der Waals surface area contributed by atoms with E-state index in [1.54, 1.807) is 6.20 Å². The third-order valence-electron chi connectivity index (χ3n) is 3.29. The maximum absolute atomic E-state index is 10.9. The van der Waals surface area contributed by atoms with Gasteiger partial charge in [-0.3, -0.25) is 9.47 Å². The molecule has 0 radical (unpaired) electrons. The van der Waals surface area contributed by atoms with Gasteiger partial charge in [-0.15, -0.1) is 0 Å². The van der Waals surface area contributed by atoms with Crippen molar-refractivity contribution in [1.29, 1.82) is 0 Å². The summed E-state index contributed by atoms with van der Waals surface area (Å²) in [6.07, 6.45) is 2.44. The fraction of sp³-hybridized carbons (Fsp3) is 0.727. The molecule has 4 unspecified atom stereocenters. The van der Waals surface area contributed by atoms with Crippen molar-refractivity contribution >= 4 is 5.95 Å². The average molecular weight is 256 g/mol. The Labute approximate surface area is 106 Å². The molecule has 0 aliphatic carbocycles. The molecule has 7 heteroatoms. The molecule has 0 bridgehead atoms. The Morgan fingerprint density at radius 3 is 2.83 bits per heavy atom. The van der Waals surface area contributed by atoms with Gasteiger partial charge in [-0.1, -0.05) is 13.8 Å². The van der Waals surface area contributed by atoms with Crippen LogP contribution in [0.25, 0.3) is 0 Å². The van der Waals surface area contributed by atoms with Crippen molar-refractivity contribution in [3.05, 3.63) is 17.6 Å². The van der Waals surface area contributed by atoms with Gasteiger partial charge in [0.05, 0.1) is 18.8 Å². The minimum atomic E-state index is -1.07. The van der Waals surface area contributed by atoms with E-state index in [1.807, 2.05) is 0 Å². The Balaban J connectivity index is 1.84. The lowest BCUT2D eigenvalue weighted by Gasteiger charge is -2.16. The molecule has 3 N–H and O–H groups in total. The number of quaternary nitrogens is 1. The zero-order valence-corrected chi connectivity index (χ0v) is 10.7. The SMILES string of the molecule is CC(C)C1CN1CC(O)Cn1ccnc1[NH+]([O-])O. The Morgan fingerprint density at radius 2 is 2.28 bits per heavy atom. The minimum absolute atomic E-state index is 0.0275. The molecule has 0 saturated carbocycles. The number of hydrogen-bond donors (Lipinski definition) is 3. The van der Waals surface area contributed by atoms with Gasteiger partial charge in [-0.05, 0) is 5.92 Å². The summed E-state index contributed by atoms with van der Waals surface area (Å²) in [5.41, 5.74) is 0. The van der Waals surface area contributed by atoms with Gasteiger partial charge in [0.25, 0.3) is 0 Å². The van der Waals surface area contributed by atoms with Crippen LogP contribution in [-0.2, 0) is 6.54 Å². The van der Waals surface area contributed by atoms with Crippen LogP contribution in [0.15, 0.2) is 12.4 Å². The molecule has 7 nitrogen and oxygen atoms in total. The number of nitrogens with zero attached hydrogens (tertiary/aromatic N) is 3. The van der Waals surface area contributed by atoms with Gasteiger partial charge in [0.2, 0.25) is 0 Å². The van der Waals surface area contributed by atoms with Crippen LogP contribution in [0.4, 0.5) is 5.95 Å². The third-order valence-corrected chi connectivity index (χ3v) is 3.29. The fourth-order valence-electron chi connectivity index (χ4n) is 2.25. The smallest absolute Gasteiger partial charge is 0.341 e. The number of aromatic nitrogens is 2. The van der Waals surface area contributed by atoms with Crippen molar-refractivity contribution in [2.45, 2.75) is 32.5 Å². The largest absolute Gasteiger partial charge is 0.592 e. The first-order valence-corrected chi connectivity index (χ1v) is 6.15. The van der Waals surface area contributed by atoms with Crippen molar-refractivity contribution < 1.29 is 15.5 Å². The lowest BCUT2D eigenvalue weighted by molar-refractivity contribution is -0.996. The van der Waals surface area contributed by atoms with Crippen LogP contribution < -0.4 is 5.23 Å². The number of β-amino-alcohol motifs (C(OH)–C–C–N with tert-alkyl or cyclic N) is 1. The molecule has 1 aliphatic heterocycles. The monoisotopic (exact) mass is 256 g/mol. The van der Waals surface area contributed by atoms with E-state index < -0.39 is 11.3 Å². The fourth-order valence-corrected chi connectivity index (χ4v) is 2.25. The van der Waals surface area contributed by atoms with Gasteiger partial charge in [0.1, 0.15) is 0 Å². The Bertz CT molecular complexity index is 393. The molecule has 2 rings (SSSR count).